The van der Waals surface area contributed by atoms with Gasteiger partial charge >= 0.3 is 11.0 Å². The van der Waals surface area contributed by atoms with E-state index in [-0.39, 0.29) is 0 Å². The number of aromatic nitrogens is 2. The number of benzene rings is 4. The topological polar surface area (TPSA) is 20.0 Å². The van der Waals surface area contributed by atoms with Gasteiger partial charge in [-0.1, -0.05) is 84.4 Å². The third-order valence-corrected chi connectivity index (χ3v) is 6.29. The molecule has 4 heteroatoms. The molecule has 0 aliphatic heterocycles. The van der Waals surface area contributed by atoms with Gasteiger partial charge in [0.05, 0.1) is 16.9 Å². The van der Waals surface area contributed by atoms with Gasteiger partial charge in [-0.05, 0) is 53.9 Å². The van der Waals surface area contributed by atoms with E-state index in [1.807, 2.05) is 12.1 Å². The molecule has 1 aromatic heterocycles. The Balaban J connectivity index is 1.65. The summed E-state index contributed by atoms with van der Waals surface area (Å²) in [5, 5.41) is 0.939. The summed E-state index contributed by atoms with van der Waals surface area (Å²) in [6.07, 6.45) is 0. The molecule has 0 atom stereocenters. The highest BCUT2D eigenvalue weighted by molar-refractivity contribution is 7.06. The highest BCUT2D eigenvalue weighted by atomic mass is 32.1. The molecule has 0 fully saturated rings. The molecule has 0 saturated heterocycles. The van der Waals surface area contributed by atoms with Crippen molar-refractivity contribution in [2.75, 3.05) is 4.90 Å². The van der Waals surface area contributed by atoms with E-state index >= 15 is 0 Å². The van der Waals surface area contributed by atoms with Crippen molar-refractivity contribution in [2.45, 2.75) is 13.5 Å². The van der Waals surface area contributed by atoms with Crippen molar-refractivity contribution in [3.8, 4) is 11.4 Å². The van der Waals surface area contributed by atoms with Gasteiger partial charge < -0.3 is 0 Å². The molecule has 5 rings (SSSR count). The third-order valence-electron chi connectivity index (χ3n) is 5.33. The molecule has 0 N–H and O–H groups in total. The van der Waals surface area contributed by atoms with E-state index in [0.717, 1.165) is 34.4 Å². The number of rotatable bonds is 6. The molecule has 0 spiro atoms. The summed E-state index contributed by atoms with van der Waals surface area (Å²) in [5.74, 6) is 0.978. The first-order chi connectivity index (χ1) is 15.8. The molecular formula is C28H24N3S+. The number of nitrogens with zero attached hydrogens (tertiary/aromatic N) is 3. The monoisotopic (exact) mass is 434 g/mol. The second-order valence-corrected chi connectivity index (χ2v) is 8.69. The van der Waals surface area contributed by atoms with E-state index < -0.39 is 0 Å². The lowest BCUT2D eigenvalue weighted by Crippen LogP contribution is -2.31. The van der Waals surface area contributed by atoms with Gasteiger partial charge in [0, 0.05) is 0 Å². The van der Waals surface area contributed by atoms with Crippen LogP contribution in [0.1, 0.15) is 11.1 Å². The van der Waals surface area contributed by atoms with Crippen molar-refractivity contribution >= 4 is 28.0 Å². The van der Waals surface area contributed by atoms with Gasteiger partial charge in [0.1, 0.15) is 18.1 Å². The van der Waals surface area contributed by atoms with Crippen LogP contribution >= 0.6 is 11.5 Å². The van der Waals surface area contributed by atoms with Crippen LogP contribution < -0.4 is 8.86 Å². The van der Waals surface area contributed by atoms with Gasteiger partial charge in [-0.15, -0.1) is 0 Å². The molecule has 0 unspecified atom stereocenters. The van der Waals surface area contributed by atoms with Gasteiger partial charge in [-0.25, -0.2) is 0 Å². The normalized spacial score (nSPS) is 10.8. The van der Waals surface area contributed by atoms with Crippen molar-refractivity contribution in [2.24, 2.45) is 0 Å². The maximum absolute atomic E-state index is 5.17. The smallest absolute Gasteiger partial charge is 0.263 e. The zero-order valence-electron chi connectivity index (χ0n) is 17.9. The van der Waals surface area contributed by atoms with Crippen LogP contribution in [0.5, 0.6) is 0 Å². The van der Waals surface area contributed by atoms with Crippen molar-refractivity contribution in [3.05, 3.63) is 126 Å². The van der Waals surface area contributed by atoms with E-state index in [4.69, 9.17) is 4.98 Å². The predicted molar refractivity (Wildman–Crippen MR) is 133 cm³/mol. The third kappa shape index (κ3) is 4.32. The largest absolute Gasteiger partial charge is 0.346 e. The summed E-state index contributed by atoms with van der Waals surface area (Å²) in [5.41, 5.74) is 5.81. The van der Waals surface area contributed by atoms with Gasteiger partial charge in [0.2, 0.25) is 0 Å². The molecule has 4 aromatic carbocycles. The Morgan fingerprint density at radius 3 is 1.78 bits per heavy atom. The molecule has 0 radical (unpaired) electrons. The SMILES string of the molecule is Cc1ccc(-c2nc(N(c3ccccc3)c3ccccc3)s[n+]2Cc2ccccc2)cc1. The summed E-state index contributed by atoms with van der Waals surface area (Å²) in [6, 6.07) is 40.0. The van der Waals surface area contributed by atoms with Crippen LogP contribution in [0.15, 0.2) is 115 Å². The van der Waals surface area contributed by atoms with Crippen LogP contribution in [-0.4, -0.2) is 4.98 Å². The van der Waals surface area contributed by atoms with Gasteiger partial charge in [-0.2, -0.15) is 3.96 Å². The minimum absolute atomic E-state index is 0.777. The zero-order valence-corrected chi connectivity index (χ0v) is 18.7. The van der Waals surface area contributed by atoms with Crippen molar-refractivity contribution in [1.82, 2.24) is 4.98 Å². The van der Waals surface area contributed by atoms with E-state index in [1.165, 1.54) is 11.1 Å². The molecule has 5 aromatic rings. The number of hydrogen-bond acceptors (Lipinski definition) is 3. The molecule has 0 aliphatic rings. The molecule has 0 bridgehead atoms. The van der Waals surface area contributed by atoms with Crippen molar-refractivity contribution in [3.63, 3.8) is 0 Å². The Labute approximate surface area is 193 Å². The lowest BCUT2D eigenvalue weighted by atomic mass is 10.1. The first-order valence-corrected chi connectivity index (χ1v) is 11.5. The highest BCUT2D eigenvalue weighted by Crippen LogP contribution is 2.36. The van der Waals surface area contributed by atoms with Crippen LogP contribution in [0.4, 0.5) is 16.5 Å². The molecule has 0 aliphatic carbocycles. The van der Waals surface area contributed by atoms with Crippen LogP contribution in [0.3, 0.4) is 0 Å². The number of hydrogen-bond donors (Lipinski definition) is 0. The summed E-state index contributed by atoms with van der Waals surface area (Å²) >= 11 is 1.68. The van der Waals surface area contributed by atoms with Gasteiger partial charge in [0.25, 0.3) is 0 Å². The summed E-state index contributed by atoms with van der Waals surface area (Å²) in [6.45, 7) is 2.89. The Hall–Kier alpha value is -3.76. The molecule has 156 valence electrons. The van der Waals surface area contributed by atoms with Crippen molar-refractivity contribution < 1.29 is 3.96 Å². The van der Waals surface area contributed by atoms with Crippen LogP contribution in [0.2, 0.25) is 0 Å². The number of para-hydroxylation sites is 2. The van der Waals surface area contributed by atoms with E-state index in [0.29, 0.717) is 0 Å². The fourth-order valence-corrected chi connectivity index (χ4v) is 4.75. The maximum Gasteiger partial charge on any atom is 0.346 e. The minimum Gasteiger partial charge on any atom is -0.263 e. The average Bonchev–Trinajstić information content (AvgIpc) is 3.25. The zero-order chi connectivity index (χ0) is 21.8. The Morgan fingerprint density at radius 1 is 0.688 bits per heavy atom. The average molecular weight is 435 g/mol. The quantitative estimate of drug-likeness (QED) is 0.270. The Kier molecular flexibility index (Phi) is 5.77. The molecule has 32 heavy (non-hydrogen) atoms. The lowest BCUT2D eigenvalue weighted by Gasteiger charge is -2.18. The molecule has 1 heterocycles. The van der Waals surface area contributed by atoms with Gasteiger partial charge in [-0.3, -0.25) is 4.90 Å². The predicted octanol–water partition coefficient (Wildman–Crippen LogP) is 6.92. The van der Waals surface area contributed by atoms with Crippen LogP contribution in [0, 0.1) is 6.92 Å². The summed E-state index contributed by atoms with van der Waals surface area (Å²) < 4.78 is 2.29. The van der Waals surface area contributed by atoms with E-state index in [1.54, 1.807) is 11.5 Å². The van der Waals surface area contributed by atoms with Crippen LogP contribution in [-0.2, 0) is 6.54 Å². The molecular weight excluding hydrogens is 410 g/mol. The Bertz CT molecular complexity index is 1240. The Morgan fingerprint density at radius 2 is 1.22 bits per heavy atom. The highest BCUT2D eigenvalue weighted by Gasteiger charge is 2.28. The second kappa shape index (κ2) is 9.16. The van der Waals surface area contributed by atoms with E-state index in [9.17, 15) is 0 Å². The summed E-state index contributed by atoms with van der Waals surface area (Å²) in [4.78, 5) is 7.39. The number of aryl methyl sites for hydroxylation is 1. The van der Waals surface area contributed by atoms with Crippen molar-refractivity contribution in [1.29, 1.82) is 0 Å². The lowest BCUT2D eigenvalue weighted by molar-refractivity contribution is -0.610. The molecule has 0 saturated carbocycles. The number of anilines is 3. The molecule has 0 amide bonds. The fourth-order valence-electron chi connectivity index (χ4n) is 3.69. The van der Waals surface area contributed by atoms with E-state index in [2.05, 4.69) is 119 Å². The first-order valence-electron chi connectivity index (χ1n) is 10.7. The summed E-state index contributed by atoms with van der Waals surface area (Å²) in [7, 11) is 0. The second-order valence-electron chi connectivity index (χ2n) is 7.70. The fraction of sp³-hybridized carbons (Fsp3) is 0.0714. The maximum atomic E-state index is 5.17. The molecule has 3 nitrogen and oxygen atoms in total. The van der Waals surface area contributed by atoms with Crippen LogP contribution in [0.25, 0.3) is 11.4 Å². The standard InChI is InChI=1S/C28H24N3S/c1-22-17-19-24(20-18-22)27-29-28(32-30(27)21-23-11-5-2-6-12-23)31(25-13-7-3-8-14-25)26-15-9-4-10-16-26/h2-20H,21H2,1H3/q+1. The van der Waals surface area contributed by atoms with Gasteiger partial charge in [0.15, 0.2) is 0 Å². The minimum atomic E-state index is 0.777. The first kappa shape index (κ1) is 20.2.